The molecule has 4 rings (SSSR count). The fourth-order valence-electron chi connectivity index (χ4n) is 2.79. The van der Waals surface area contributed by atoms with E-state index >= 15 is 0 Å². The van der Waals surface area contributed by atoms with Crippen molar-refractivity contribution in [1.82, 2.24) is 19.3 Å². The third kappa shape index (κ3) is 2.72. The number of rotatable bonds is 5. The van der Waals surface area contributed by atoms with Crippen LogP contribution in [-0.4, -0.2) is 25.1 Å². The first kappa shape index (κ1) is 16.3. The number of carbonyl (C=O) groups excluding carboxylic acids is 1. The molecule has 0 aliphatic heterocycles. The first-order chi connectivity index (χ1) is 12.5. The van der Waals surface area contributed by atoms with E-state index in [-0.39, 0.29) is 18.2 Å². The van der Waals surface area contributed by atoms with E-state index in [1.807, 2.05) is 23.8 Å². The molecule has 0 saturated carbocycles. The van der Waals surface area contributed by atoms with Crippen LogP contribution >= 0.6 is 11.3 Å². The maximum absolute atomic E-state index is 12.7. The third-order valence-electron chi connectivity index (χ3n) is 3.97. The van der Waals surface area contributed by atoms with Gasteiger partial charge in [-0.25, -0.2) is 9.78 Å². The fourth-order valence-corrected chi connectivity index (χ4v) is 3.54. The molecule has 8 nitrogen and oxygen atoms in total. The van der Waals surface area contributed by atoms with Crippen molar-refractivity contribution >= 4 is 17.1 Å². The number of ketones is 1. The van der Waals surface area contributed by atoms with Crippen molar-refractivity contribution in [2.24, 2.45) is 0 Å². The number of hydrogen-bond acceptors (Lipinski definition) is 7. The van der Waals surface area contributed by atoms with Gasteiger partial charge in [0.1, 0.15) is 6.54 Å². The van der Waals surface area contributed by atoms with Crippen LogP contribution in [0.3, 0.4) is 0 Å². The molecule has 0 saturated heterocycles. The van der Waals surface area contributed by atoms with Crippen LogP contribution in [0.15, 0.2) is 49.7 Å². The maximum atomic E-state index is 12.7. The lowest BCUT2D eigenvalue weighted by molar-refractivity contribution is 0.0964. The summed E-state index contributed by atoms with van der Waals surface area (Å²) in [7, 11) is 0. The Hall–Kier alpha value is -3.20. The van der Waals surface area contributed by atoms with Gasteiger partial charge >= 0.3 is 5.76 Å². The second-order valence-corrected chi connectivity index (χ2v) is 6.54. The number of aryl methyl sites for hydroxylation is 1. The second kappa shape index (κ2) is 6.26. The second-order valence-electron chi connectivity index (χ2n) is 5.67. The van der Waals surface area contributed by atoms with E-state index < -0.39 is 5.76 Å². The van der Waals surface area contributed by atoms with Gasteiger partial charge < -0.3 is 8.83 Å². The number of hydrogen-bond donors (Lipinski definition) is 0. The highest BCUT2D eigenvalue weighted by Gasteiger charge is 2.20. The fraction of sp³-hybridized carbons (Fsp3) is 0.176. The minimum atomic E-state index is -0.710. The zero-order valence-corrected chi connectivity index (χ0v) is 14.8. The summed E-state index contributed by atoms with van der Waals surface area (Å²) >= 11 is 1.49. The average molecular weight is 370 g/mol. The Labute approximate surface area is 151 Å². The van der Waals surface area contributed by atoms with Crippen LogP contribution in [0.25, 0.3) is 16.8 Å². The zero-order valence-electron chi connectivity index (χ0n) is 14.0. The summed E-state index contributed by atoms with van der Waals surface area (Å²) in [6.07, 6.45) is 3.17. The minimum Gasteiger partial charge on any atom is -0.459 e. The van der Waals surface area contributed by atoms with Gasteiger partial charge in [0.05, 0.1) is 6.26 Å². The van der Waals surface area contributed by atoms with Gasteiger partial charge in [-0.1, -0.05) is 0 Å². The van der Waals surface area contributed by atoms with E-state index in [1.165, 1.54) is 17.6 Å². The van der Waals surface area contributed by atoms with Crippen LogP contribution in [-0.2, 0) is 6.54 Å². The van der Waals surface area contributed by atoms with E-state index in [2.05, 4.69) is 10.1 Å². The van der Waals surface area contributed by atoms with Crippen molar-refractivity contribution < 1.29 is 13.6 Å². The Morgan fingerprint density at radius 2 is 2.19 bits per heavy atom. The summed E-state index contributed by atoms with van der Waals surface area (Å²) in [4.78, 5) is 29.0. The summed E-state index contributed by atoms with van der Waals surface area (Å²) in [5.74, 6) is -0.572. The Bertz CT molecular complexity index is 1120. The van der Waals surface area contributed by atoms with Gasteiger partial charge in [-0.15, -0.1) is 16.4 Å². The molecule has 4 aromatic rings. The molecule has 9 heteroatoms. The Balaban J connectivity index is 1.64. The molecule has 0 fully saturated rings. The summed E-state index contributed by atoms with van der Waals surface area (Å²) in [5.41, 5.74) is 2.18. The van der Waals surface area contributed by atoms with E-state index in [0.717, 1.165) is 21.2 Å². The van der Waals surface area contributed by atoms with Gasteiger partial charge in [-0.3, -0.25) is 9.36 Å². The lowest BCUT2D eigenvalue weighted by Gasteiger charge is -2.05. The van der Waals surface area contributed by atoms with Gasteiger partial charge in [0.25, 0.3) is 5.89 Å². The molecular weight excluding hydrogens is 356 g/mol. The van der Waals surface area contributed by atoms with Crippen LogP contribution in [0.5, 0.6) is 0 Å². The van der Waals surface area contributed by atoms with Crippen LogP contribution in [0.2, 0.25) is 0 Å². The average Bonchev–Trinajstić information content (AvgIpc) is 3.36. The highest BCUT2D eigenvalue weighted by Crippen LogP contribution is 2.23. The molecule has 0 amide bonds. The van der Waals surface area contributed by atoms with E-state index in [9.17, 15) is 9.59 Å². The van der Waals surface area contributed by atoms with Crippen LogP contribution in [0.1, 0.15) is 21.7 Å². The van der Waals surface area contributed by atoms with E-state index in [4.69, 9.17) is 8.83 Å². The van der Waals surface area contributed by atoms with Crippen molar-refractivity contribution in [3.63, 3.8) is 0 Å². The highest BCUT2D eigenvalue weighted by atomic mass is 32.1. The normalized spacial score (nSPS) is 11.2. The number of carbonyl (C=O) groups is 1. The lowest BCUT2D eigenvalue weighted by Crippen LogP contribution is -2.21. The predicted octanol–water partition coefficient (Wildman–Crippen LogP) is 2.84. The van der Waals surface area contributed by atoms with Crippen molar-refractivity contribution in [2.45, 2.75) is 20.4 Å². The van der Waals surface area contributed by atoms with E-state index in [0.29, 0.717) is 11.3 Å². The first-order valence-electron chi connectivity index (χ1n) is 7.78. The minimum absolute atomic E-state index is 0.0426. The molecule has 4 aromatic heterocycles. The van der Waals surface area contributed by atoms with Crippen molar-refractivity contribution in [3.05, 3.63) is 63.5 Å². The molecule has 0 radical (unpaired) electrons. The van der Waals surface area contributed by atoms with Gasteiger partial charge in [-0.05, 0) is 32.0 Å². The van der Waals surface area contributed by atoms with Crippen LogP contribution < -0.4 is 5.76 Å². The molecule has 0 unspecified atom stereocenters. The number of aromatic nitrogens is 4. The number of Topliss-reactive ketones (excluding diaryl/α,β-unsaturated/α-hetero) is 1. The van der Waals surface area contributed by atoms with Gasteiger partial charge in [0.15, 0.2) is 16.7 Å². The smallest absolute Gasteiger partial charge is 0.437 e. The quantitative estimate of drug-likeness (QED) is 0.501. The first-order valence-corrected chi connectivity index (χ1v) is 8.66. The molecule has 0 bridgehead atoms. The molecule has 132 valence electrons. The van der Waals surface area contributed by atoms with Gasteiger partial charge in [0.2, 0.25) is 0 Å². The molecular formula is C17H14N4O4S. The Morgan fingerprint density at radius 1 is 1.35 bits per heavy atom. The molecule has 0 N–H and O–H groups in total. The monoisotopic (exact) mass is 370 g/mol. The molecule has 0 aromatic carbocycles. The topological polar surface area (TPSA) is 96.1 Å². The lowest BCUT2D eigenvalue weighted by atomic mass is 10.1. The number of furan rings is 1. The van der Waals surface area contributed by atoms with Crippen molar-refractivity contribution in [2.75, 3.05) is 0 Å². The molecule has 0 atom stereocenters. The van der Waals surface area contributed by atoms with Crippen LogP contribution in [0, 0.1) is 13.8 Å². The summed E-state index contributed by atoms with van der Waals surface area (Å²) in [6.45, 7) is 3.54. The predicted molar refractivity (Wildman–Crippen MR) is 93.7 cm³/mol. The molecule has 0 aliphatic carbocycles. The molecule has 0 spiro atoms. The third-order valence-corrected chi connectivity index (χ3v) is 4.73. The number of thiazole rings is 1. The van der Waals surface area contributed by atoms with Crippen LogP contribution in [0.4, 0.5) is 0 Å². The van der Waals surface area contributed by atoms with Gasteiger partial charge in [0, 0.05) is 28.5 Å². The molecule has 4 heterocycles. The number of nitrogens with zero attached hydrogens (tertiary/aromatic N) is 4. The Kier molecular flexibility index (Phi) is 3.92. The maximum Gasteiger partial charge on any atom is 0.437 e. The van der Waals surface area contributed by atoms with Gasteiger partial charge in [-0.2, -0.15) is 4.68 Å². The van der Waals surface area contributed by atoms with E-state index in [1.54, 1.807) is 24.4 Å². The standard InChI is InChI=1S/C17H14N4O4S/c1-10-8-12(11(2)21(10)16-18-5-7-26-16)13(22)9-20-17(23)25-15(19-20)14-4-3-6-24-14/h3-8H,9H2,1-2H3. The SMILES string of the molecule is Cc1cc(C(=O)Cn2nc(-c3ccco3)oc2=O)c(C)n1-c1nccs1. The van der Waals surface area contributed by atoms with Crippen molar-refractivity contribution in [1.29, 1.82) is 0 Å². The zero-order chi connectivity index (χ0) is 18.3. The molecule has 26 heavy (non-hydrogen) atoms. The molecule has 0 aliphatic rings. The van der Waals surface area contributed by atoms with Crippen molar-refractivity contribution in [3.8, 4) is 16.8 Å². The summed E-state index contributed by atoms with van der Waals surface area (Å²) in [6, 6.07) is 5.07. The highest BCUT2D eigenvalue weighted by molar-refractivity contribution is 7.12. The largest absolute Gasteiger partial charge is 0.459 e. The summed E-state index contributed by atoms with van der Waals surface area (Å²) in [5, 5.41) is 6.70. The summed E-state index contributed by atoms with van der Waals surface area (Å²) < 4.78 is 13.1. The Morgan fingerprint density at radius 3 is 2.88 bits per heavy atom.